The summed E-state index contributed by atoms with van der Waals surface area (Å²) in [6, 6.07) is 77.4. The Hall–Kier alpha value is -7.46. The molecule has 0 aliphatic heterocycles. The van der Waals surface area contributed by atoms with Crippen LogP contribution in [0.5, 0.6) is 0 Å². The summed E-state index contributed by atoms with van der Waals surface area (Å²) in [5.41, 5.74) is 12.8. The van der Waals surface area contributed by atoms with E-state index in [4.69, 9.17) is 4.42 Å². The molecule has 0 aliphatic rings. The third-order valence-electron chi connectivity index (χ3n) is 12.2. The van der Waals surface area contributed by atoms with Gasteiger partial charge >= 0.3 is 0 Å². The van der Waals surface area contributed by atoms with Gasteiger partial charge in [-0.3, -0.25) is 0 Å². The molecule has 0 aliphatic carbocycles. The van der Waals surface area contributed by atoms with Gasteiger partial charge < -0.3 is 9.32 Å². The number of furan rings is 1. The molecule has 2 nitrogen and oxygen atoms in total. The van der Waals surface area contributed by atoms with Crippen LogP contribution in [0.2, 0.25) is 0 Å². The van der Waals surface area contributed by atoms with Crippen LogP contribution in [-0.2, 0) is 6.54 Å². The molecule has 0 bridgehead atoms. The van der Waals surface area contributed by atoms with Gasteiger partial charge in [0.15, 0.2) is 0 Å². The SMILES string of the molecule is c1ccc(-c2ccccc2-c2ccccc2-c2ccccc2CN(c2ccc3ccc4cc5oc6ccccc6c5cc4c3c2)c2cccc3c2sc2ccccc23)cc1. The van der Waals surface area contributed by atoms with Gasteiger partial charge in [-0.1, -0.05) is 170 Å². The minimum absolute atomic E-state index is 0.672. The fourth-order valence-electron chi connectivity index (χ4n) is 9.32. The molecule has 0 fully saturated rings. The number of benzene rings is 10. The van der Waals surface area contributed by atoms with E-state index in [2.05, 4.69) is 211 Å². The van der Waals surface area contributed by atoms with Crippen LogP contribution in [0.3, 0.4) is 0 Å². The van der Waals surface area contributed by atoms with Gasteiger partial charge in [-0.05, 0) is 103 Å². The highest BCUT2D eigenvalue weighted by Crippen LogP contribution is 2.45. The van der Waals surface area contributed by atoms with Crippen LogP contribution in [0.25, 0.3) is 97.0 Å². The second-order valence-electron chi connectivity index (χ2n) is 15.6. The quantitative estimate of drug-likeness (QED) is 0.150. The summed E-state index contributed by atoms with van der Waals surface area (Å²) >= 11 is 1.88. The molecule has 0 radical (unpaired) electrons. The van der Waals surface area contributed by atoms with E-state index in [1.165, 1.54) is 86.3 Å². The molecular weight excluding hydrogens is 747 g/mol. The number of thiophene rings is 1. The minimum Gasteiger partial charge on any atom is -0.456 e. The summed E-state index contributed by atoms with van der Waals surface area (Å²) in [5, 5.41) is 9.70. The number of nitrogens with zero attached hydrogens (tertiary/aromatic N) is 1. The summed E-state index contributed by atoms with van der Waals surface area (Å²) in [6.45, 7) is 0.672. The maximum absolute atomic E-state index is 6.33. The predicted octanol–water partition coefficient (Wildman–Crippen LogP) is 16.6. The van der Waals surface area contributed by atoms with Crippen molar-refractivity contribution < 1.29 is 4.42 Å². The lowest BCUT2D eigenvalue weighted by Gasteiger charge is -2.28. The van der Waals surface area contributed by atoms with Gasteiger partial charge in [-0.2, -0.15) is 0 Å². The molecule has 0 spiro atoms. The van der Waals surface area contributed by atoms with Crippen LogP contribution < -0.4 is 4.90 Å². The van der Waals surface area contributed by atoms with Gasteiger partial charge in [0.25, 0.3) is 0 Å². The van der Waals surface area contributed by atoms with E-state index >= 15 is 0 Å². The van der Waals surface area contributed by atoms with Crippen molar-refractivity contribution in [2.24, 2.45) is 0 Å². The fraction of sp³-hybridized carbons (Fsp3) is 0.0175. The number of fused-ring (bicyclic) bond motifs is 9. The summed E-state index contributed by atoms with van der Waals surface area (Å²) in [7, 11) is 0. The first-order valence-corrected chi connectivity index (χ1v) is 21.3. The number of anilines is 2. The highest BCUT2D eigenvalue weighted by atomic mass is 32.1. The van der Waals surface area contributed by atoms with Crippen LogP contribution in [0.1, 0.15) is 5.56 Å². The minimum atomic E-state index is 0.672. The van der Waals surface area contributed by atoms with Crippen molar-refractivity contribution in [3.8, 4) is 33.4 Å². The highest BCUT2D eigenvalue weighted by Gasteiger charge is 2.21. The molecular formula is C57H37NOS. The van der Waals surface area contributed by atoms with E-state index < -0.39 is 0 Å². The first kappa shape index (κ1) is 34.6. The van der Waals surface area contributed by atoms with Gasteiger partial charge in [-0.25, -0.2) is 0 Å². The van der Waals surface area contributed by atoms with Crippen molar-refractivity contribution in [1.82, 2.24) is 0 Å². The second-order valence-corrected chi connectivity index (χ2v) is 16.6. The van der Waals surface area contributed by atoms with Gasteiger partial charge in [0.1, 0.15) is 11.2 Å². The van der Waals surface area contributed by atoms with Crippen molar-refractivity contribution in [2.45, 2.75) is 6.54 Å². The monoisotopic (exact) mass is 783 g/mol. The van der Waals surface area contributed by atoms with E-state index in [1.54, 1.807) is 0 Å². The Kier molecular flexibility index (Phi) is 8.14. The van der Waals surface area contributed by atoms with Crippen LogP contribution in [0.15, 0.2) is 217 Å². The first-order chi connectivity index (χ1) is 29.7. The van der Waals surface area contributed by atoms with E-state index in [0.717, 1.165) is 27.6 Å². The Morgan fingerprint density at radius 1 is 0.383 bits per heavy atom. The van der Waals surface area contributed by atoms with Gasteiger partial charge in [0, 0.05) is 38.5 Å². The highest BCUT2D eigenvalue weighted by molar-refractivity contribution is 7.26. The van der Waals surface area contributed by atoms with Crippen molar-refractivity contribution in [3.63, 3.8) is 0 Å². The molecule has 0 N–H and O–H groups in total. The van der Waals surface area contributed by atoms with Crippen LogP contribution in [0.4, 0.5) is 11.4 Å². The van der Waals surface area contributed by atoms with Crippen molar-refractivity contribution in [2.75, 3.05) is 4.90 Å². The Bertz CT molecular complexity index is 3600. The van der Waals surface area contributed by atoms with E-state index in [-0.39, 0.29) is 0 Å². The Morgan fingerprint density at radius 3 is 1.85 bits per heavy atom. The number of hydrogen-bond acceptors (Lipinski definition) is 3. The average Bonchev–Trinajstić information content (AvgIpc) is 3.88. The van der Waals surface area contributed by atoms with E-state index in [1.807, 2.05) is 17.4 Å². The maximum Gasteiger partial charge on any atom is 0.136 e. The molecule has 282 valence electrons. The third-order valence-corrected chi connectivity index (χ3v) is 13.4. The molecule has 2 heterocycles. The van der Waals surface area contributed by atoms with Crippen molar-refractivity contribution in [3.05, 3.63) is 218 Å². The molecule has 0 saturated carbocycles. The molecule has 0 amide bonds. The van der Waals surface area contributed by atoms with Crippen molar-refractivity contribution in [1.29, 1.82) is 0 Å². The lowest BCUT2D eigenvalue weighted by molar-refractivity contribution is 0.669. The maximum atomic E-state index is 6.33. The third kappa shape index (κ3) is 5.70. The average molecular weight is 784 g/mol. The predicted molar refractivity (Wildman–Crippen MR) is 257 cm³/mol. The van der Waals surface area contributed by atoms with E-state index in [0.29, 0.717) is 6.54 Å². The second kappa shape index (κ2) is 14.1. The summed E-state index contributed by atoms with van der Waals surface area (Å²) < 4.78 is 8.92. The molecule has 12 rings (SSSR count). The number of hydrogen-bond donors (Lipinski definition) is 0. The van der Waals surface area contributed by atoms with Crippen LogP contribution in [-0.4, -0.2) is 0 Å². The summed E-state index contributed by atoms with van der Waals surface area (Å²) in [6.07, 6.45) is 0. The Labute approximate surface area is 351 Å². The molecule has 0 atom stereocenters. The number of para-hydroxylation sites is 1. The van der Waals surface area contributed by atoms with Crippen LogP contribution >= 0.6 is 11.3 Å². The van der Waals surface area contributed by atoms with E-state index in [9.17, 15) is 0 Å². The summed E-state index contributed by atoms with van der Waals surface area (Å²) in [4.78, 5) is 2.54. The Morgan fingerprint density at radius 2 is 1.00 bits per heavy atom. The van der Waals surface area contributed by atoms with Crippen LogP contribution in [0, 0.1) is 0 Å². The molecule has 3 heteroatoms. The molecule has 60 heavy (non-hydrogen) atoms. The lowest BCUT2D eigenvalue weighted by atomic mass is 9.88. The fourth-order valence-corrected chi connectivity index (χ4v) is 10.5. The zero-order valence-corrected chi connectivity index (χ0v) is 33.5. The zero-order chi connectivity index (χ0) is 39.6. The van der Waals surface area contributed by atoms with Gasteiger partial charge in [0.2, 0.25) is 0 Å². The smallest absolute Gasteiger partial charge is 0.136 e. The molecule has 12 aromatic rings. The first-order valence-electron chi connectivity index (χ1n) is 20.5. The molecule has 2 aromatic heterocycles. The molecule has 0 saturated heterocycles. The molecule has 10 aromatic carbocycles. The van der Waals surface area contributed by atoms with Crippen molar-refractivity contribution >= 4 is 86.4 Å². The standard InChI is InChI=1S/C57H37NOS/c1-2-15-37(16-3-1)42-18-6-7-20-44(42)46-22-9-8-21-45(46)43-19-5-4-17-40(43)36-58(53-26-14-25-49-48-24-11-13-28-56(48)60-57(49)53)41-32-31-38-29-30-39-33-55-52(35-51(39)50(38)34-41)47-23-10-12-27-54(47)59-55/h1-35H,36H2. The summed E-state index contributed by atoms with van der Waals surface area (Å²) in [5.74, 6) is 0. The zero-order valence-electron chi connectivity index (χ0n) is 32.7. The molecule has 0 unspecified atom stereocenters. The normalized spacial score (nSPS) is 11.7. The topological polar surface area (TPSA) is 16.4 Å². The van der Waals surface area contributed by atoms with Gasteiger partial charge in [0.05, 0.1) is 10.4 Å². The number of rotatable bonds is 7. The lowest BCUT2D eigenvalue weighted by Crippen LogP contribution is -2.17. The largest absolute Gasteiger partial charge is 0.456 e. The Balaban J connectivity index is 1.06. The van der Waals surface area contributed by atoms with Gasteiger partial charge in [-0.15, -0.1) is 11.3 Å².